The molecule has 2 amide bonds. The zero-order valence-corrected chi connectivity index (χ0v) is 15.6. The Morgan fingerprint density at radius 2 is 1.81 bits per heavy atom. The van der Waals surface area contributed by atoms with Crippen molar-refractivity contribution >= 4 is 29.5 Å². The highest BCUT2D eigenvalue weighted by Gasteiger charge is 2.64. The topological polar surface area (TPSA) is 105 Å². The molecular formula is C17H20N2O6S. The number of rotatable bonds is 5. The summed E-state index contributed by atoms with van der Waals surface area (Å²) < 4.78 is 9.79. The van der Waals surface area contributed by atoms with Gasteiger partial charge in [-0.2, -0.15) is 0 Å². The first-order chi connectivity index (χ1) is 12.2. The van der Waals surface area contributed by atoms with Gasteiger partial charge in [0.2, 0.25) is 5.91 Å². The smallest absolute Gasteiger partial charge is 0.327 e. The van der Waals surface area contributed by atoms with Gasteiger partial charge in [-0.1, -0.05) is 6.07 Å². The van der Waals surface area contributed by atoms with Gasteiger partial charge in [-0.3, -0.25) is 9.59 Å². The Hall–Kier alpha value is -2.42. The third kappa shape index (κ3) is 2.66. The molecule has 0 aliphatic carbocycles. The van der Waals surface area contributed by atoms with Gasteiger partial charge >= 0.3 is 5.97 Å². The molecule has 8 nitrogen and oxygen atoms in total. The summed E-state index contributed by atoms with van der Waals surface area (Å²) in [5.74, 6) is -1.30. The van der Waals surface area contributed by atoms with Crippen molar-refractivity contribution in [3.05, 3.63) is 23.8 Å². The van der Waals surface area contributed by atoms with E-state index in [9.17, 15) is 19.5 Å². The van der Waals surface area contributed by atoms with Crippen LogP contribution in [0.1, 0.15) is 24.2 Å². The molecule has 2 saturated heterocycles. The number of hydrogen-bond acceptors (Lipinski definition) is 6. The predicted octanol–water partition coefficient (Wildman–Crippen LogP) is 0.949. The van der Waals surface area contributed by atoms with Gasteiger partial charge in [-0.15, -0.1) is 11.8 Å². The Bertz CT molecular complexity index is 758. The van der Waals surface area contributed by atoms with Crippen molar-refractivity contribution in [2.45, 2.75) is 36.1 Å². The molecule has 1 aromatic carbocycles. The molecule has 3 rings (SSSR count). The highest BCUT2D eigenvalue weighted by atomic mass is 32.2. The normalized spacial score (nSPS) is 25.9. The van der Waals surface area contributed by atoms with Gasteiger partial charge in [0.25, 0.3) is 5.91 Å². The Labute approximate surface area is 154 Å². The first-order valence-electron chi connectivity index (χ1n) is 7.97. The number of carboxylic acid groups (broad SMARTS) is 1. The lowest BCUT2D eigenvalue weighted by atomic mass is 9.96. The van der Waals surface area contributed by atoms with E-state index in [-0.39, 0.29) is 5.56 Å². The Morgan fingerprint density at radius 3 is 2.31 bits per heavy atom. The molecule has 0 aromatic heterocycles. The van der Waals surface area contributed by atoms with Crippen molar-refractivity contribution in [3.8, 4) is 11.5 Å². The SMILES string of the molecule is COc1cccc(OC)c1C(=O)N[C@H]1C(=O)N2[C@H]1SC(C)(C)[C@H]2C(=O)O. The standard InChI is InChI=1S/C17H20N2O6S/c1-17(2)12(16(22)23)19-14(21)11(15(19)26-17)18-13(20)10-8(24-3)6-5-7-9(10)25-4/h5-7,11-12,15H,1-4H3,(H,18,20)(H,22,23)/t11-,12+,15-/m0/s1. The molecule has 0 bridgehead atoms. The Balaban J connectivity index is 1.83. The quantitative estimate of drug-likeness (QED) is 0.733. The van der Waals surface area contributed by atoms with Crippen LogP contribution < -0.4 is 14.8 Å². The minimum Gasteiger partial charge on any atom is -0.496 e. The molecule has 2 aliphatic rings. The van der Waals surface area contributed by atoms with Gasteiger partial charge in [0, 0.05) is 4.75 Å². The molecule has 0 saturated carbocycles. The van der Waals surface area contributed by atoms with Crippen molar-refractivity contribution in [2.75, 3.05) is 14.2 Å². The molecule has 2 fully saturated rings. The molecule has 1 aromatic rings. The Morgan fingerprint density at radius 1 is 1.23 bits per heavy atom. The van der Waals surface area contributed by atoms with Crippen LogP contribution in [-0.4, -0.2) is 64.2 Å². The van der Waals surface area contributed by atoms with E-state index in [0.717, 1.165) is 0 Å². The molecule has 3 atom stereocenters. The van der Waals surface area contributed by atoms with Crippen molar-refractivity contribution < 1.29 is 29.0 Å². The predicted molar refractivity (Wildman–Crippen MR) is 94.5 cm³/mol. The fourth-order valence-corrected chi connectivity index (χ4v) is 5.06. The van der Waals surface area contributed by atoms with Gasteiger partial charge in [0.1, 0.15) is 34.5 Å². The summed E-state index contributed by atoms with van der Waals surface area (Å²) in [5.41, 5.74) is 0.195. The number of amides is 2. The largest absolute Gasteiger partial charge is 0.496 e. The first kappa shape index (κ1) is 18.4. The molecule has 26 heavy (non-hydrogen) atoms. The van der Waals surface area contributed by atoms with Crippen LogP contribution in [0, 0.1) is 0 Å². The second kappa shape index (κ2) is 6.39. The van der Waals surface area contributed by atoms with Gasteiger partial charge in [0.05, 0.1) is 14.2 Å². The lowest BCUT2D eigenvalue weighted by molar-refractivity contribution is -0.159. The van der Waals surface area contributed by atoms with Gasteiger partial charge < -0.3 is 24.8 Å². The molecule has 140 valence electrons. The van der Waals surface area contributed by atoms with E-state index in [1.54, 1.807) is 32.0 Å². The van der Waals surface area contributed by atoms with Crippen LogP contribution in [0.3, 0.4) is 0 Å². The summed E-state index contributed by atoms with van der Waals surface area (Å²) in [5, 5.41) is 11.7. The number of carbonyl (C=O) groups excluding carboxylic acids is 2. The van der Waals surface area contributed by atoms with Crippen molar-refractivity contribution in [1.82, 2.24) is 10.2 Å². The highest BCUT2D eigenvalue weighted by Crippen LogP contribution is 2.50. The van der Waals surface area contributed by atoms with E-state index in [1.165, 1.54) is 30.9 Å². The molecule has 2 aliphatic heterocycles. The van der Waals surface area contributed by atoms with E-state index in [0.29, 0.717) is 11.5 Å². The van der Waals surface area contributed by atoms with Crippen LogP contribution in [0.25, 0.3) is 0 Å². The Kier molecular flexibility index (Phi) is 4.51. The number of ether oxygens (including phenoxy) is 2. The number of carbonyl (C=O) groups is 3. The molecule has 0 unspecified atom stereocenters. The first-order valence-corrected chi connectivity index (χ1v) is 8.85. The molecule has 2 N–H and O–H groups in total. The second-order valence-corrected chi connectivity index (χ2v) is 8.36. The van der Waals surface area contributed by atoms with Crippen LogP contribution in [-0.2, 0) is 9.59 Å². The number of carboxylic acids is 1. The summed E-state index contributed by atoms with van der Waals surface area (Å²) in [6.45, 7) is 3.56. The van der Waals surface area contributed by atoms with Crippen molar-refractivity contribution in [3.63, 3.8) is 0 Å². The minimum atomic E-state index is -1.05. The van der Waals surface area contributed by atoms with Crippen LogP contribution in [0.5, 0.6) is 11.5 Å². The van der Waals surface area contributed by atoms with Gasteiger partial charge in [0.15, 0.2) is 0 Å². The fourth-order valence-electron chi connectivity index (χ4n) is 3.43. The number of β-lactam (4-membered cyclic amide) rings is 1. The van der Waals surface area contributed by atoms with E-state index in [1.807, 2.05) is 0 Å². The zero-order chi connectivity index (χ0) is 19.2. The average Bonchev–Trinajstić information content (AvgIpc) is 2.86. The van der Waals surface area contributed by atoms with E-state index in [4.69, 9.17) is 9.47 Å². The summed E-state index contributed by atoms with van der Waals surface area (Å²) in [6.07, 6.45) is 0. The van der Waals surface area contributed by atoms with E-state index in [2.05, 4.69) is 5.32 Å². The molecule has 0 spiro atoms. The number of hydrogen-bond donors (Lipinski definition) is 2. The average molecular weight is 380 g/mol. The molecule has 2 heterocycles. The highest BCUT2D eigenvalue weighted by molar-refractivity contribution is 8.01. The van der Waals surface area contributed by atoms with Crippen molar-refractivity contribution in [2.24, 2.45) is 0 Å². The maximum atomic E-state index is 12.8. The zero-order valence-electron chi connectivity index (χ0n) is 14.8. The number of aliphatic carboxylic acids is 1. The molecular weight excluding hydrogens is 360 g/mol. The number of methoxy groups -OCH3 is 2. The maximum absolute atomic E-state index is 12.8. The monoisotopic (exact) mass is 380 g/mol. The second-order valence-electron chi connectivity index (χ2n) is 6.59. The van der Waals surface area contributed by atoms with E-state index >= 15 is 0 Å². The third-order valence-electron chi connectivity index (χ3n) is 4.62. The molecule has 9 heteroatoms. The van der Waals surface area contributed by atoms with Crippen molar-refractivity contribution in [1.29, 1.82) is 0 Å². The number of nitrogens with zero attached hydrogens (tertiary/aromatic N) is 1. The number of thioether (sulfide) groups is 1. The summed E-state index contributed by atoms with van der Waals surface area (Å²) in [6, 6.07) is 3.24. The fraction of sp³-hybridized carbons (Fsp3) is 0.471. The van der Waals surface area contributed by atoms with E-state index < -0.39 is 40.0 Å². The maximum Gasteiger partial charge on any atom is 0.327 e. The van der Waals surface area contributed by atoms with Gasteiger partial charge in [-0.05, 0) is 26.0 Å². The third-order valence-corrected chi connectivity index (χ3v) is 6.19. The van der Waals surface area contributed by atoms with Crippen LogP contribution in [0.15, 0.2) is 18.2 Å². The number of benzene rings is 1. The minimum absolute atomic E-state index is 0.195. The lowest BCUT2D eigenvalue weighted by Crippen LogP contribution is -2.70. The molecule has 0 radical (unpaired) electrons. The van der Waals surface area contributed by atoms with Crippen LogP contribution in [0.4, 0.5) is 0 Å². The van der Waals surface area contributed by atoms with Crippen LogP contribution in [0.2, 0.25) is 0 Å². The lowest BCUT2D eigenvalue weighted by Gasteiger charge is -2.43. The van der Waals surface area contributed by atoms with Crippen LogP contribution >= 0.6 is 11.8 Å². The summed E-state index contributed by atoms with van der Waals surface area (Å²) in [4.78, 5) is 38.1. The summed E-state index contributed by atoms with van der Waals surface area (Å²) in [7, 11) is 2.88. The number of nitrogens with one attached hydrogen (secondary N) is 1. The van der Waals surface area contributed by atoms with Gasteiger partial charge in [-0.25, -0.2) is 4.79 Å². The summed E-state index contributed by atoms with van der Waals surface area (Å²) >= 11 is 1.37. The number of fused-ring (bicyclic) bond motifs is 1.